The number of carbonyl (C=O) groups is 1. The quantitative estimate of drug-likeness (QED) is 0.851. The number of aromatic nitrogens is 1. The Kier molecular flexibility index (Phi) is 3.72. The van der Waals surface area contributed by atoms with Crippen molar-refractivity contribution in [3.63, 3.8) is 0 Å². The summed E-state index contributed by atoms with van der Waals surface area (Å²) in [6, 6.07) is 0. The van der Waals surface area contributed by atoms with E-state index in [1.807, 2.05) is 26.2 Å². The van der Waals surface area contributed by atoms with Crippen LogP contribution in [-0.2, 0) is 5.33 Å². The molecule has 0 atom stereocenters. The van der Waals surface area contributed by atoms with Gasteiger partial charge in [0.15, 0.2) is 5.13 Å². The summed E-state index contributed by atoms with van der Waals surface area (Å²) in [5, 5.41) is 12.1. The van der Waals surface area contributed by atoms with Gasteiger partial charge in [-0.05, 0) is 20.8 Å². The molecule has 0 aromatic carbocycles. The Morgan fingerprint density at radius 2 is 2.27 bits per heavy atom. The first-order chi connectivity index (χ1) is 6.86. The van der Waals surface area contributed by atoms with E-state index in [9.17, 15) is 4.79 Å². The minimum atomic E-state index is -0.974. The van der Waals surface area contributed by atoms with E-state index in [4.69, 9.17) is 5.11 Å². The van der Waals surface area contributed by atoms with E-state index in [1.165, 1.54) is 16.2 Å². The Hall–Kier alpha value is -0.620. The predicted molar refractivity (Wildman–Crippen MR) is 65.0 cm³/mol. The molecule has 84 valence electrons. The van der Waals surface area contributed by atoms with Crippen molar-refractivity contribution in [3.8, 4) is 0 Å². The van der Waals surface area contributed by atoms with E-state index in [1.54, 1.807) is 0 Å². The molecule has 0 fully saturated rings. The molecule has 0 radical (unpaired) electrons. The third-order valence-corrected chi connectivity index (χ3v) is 3.18. The molecule has 15 heavy (non-hydrogen) atoms. The van der Waals surface area contributed by atoms with Crippen LogP contribution >= 0.6 is 27.3 Å². The normalized spacial score (nSPS) is 11.5. The highest BCUT2D eigenvalue weighted by Crippen LogP contribution is 2.28. The molecule has 1 amide bonds. The standard InChI is InChI=1S/C9H13BrN2O2S/c1-9(2,3)12(8(13)14)7-11-6(4-10)5-15-7/h5H,4H2,1-3H3,(H,13,14). The minimum absolute atomic E-state index is 0.479. The van der Waals surface area contributed by atoms with Crippen molar-refractivity contribution in [2.24, 2.45) is 0 Å². The van der Waals surface area contributed by atoms with Gasteiger partial charge in [0, 0.05) is 16.2 Å². The molecule has 0 bridgehead atoms. The summed E-state index contributed by atoms with van der Waals surface area (Å²) >= 11 is 4.63. The monoisotopic (exact) mass is 292 g/mol. The van der Waals surface area contributed by atoms with E-state index in [0.717, 1.165) is 5.69 Å². The van der Waals surface area contributed by atoms with Crippen LogP contribution in [0.1, 0.15) is 26.5 Å². The van der Waals surface area contributed by atoms with E-state index in [0.29, 0.717) is 10.5 Å². The van der Waals surface area contributed by atoms with Crippen molar-refractivity contribution in [3.05, 3.63) is 11.1 Å². The van der Waals surface area contributed by atoms with E-state index in [-0.39, 0.29) is 0 Å². The Morgan fingerprint density at radius 3 is 2.60 bits per heavy atom. The number of rotatable bonds is 2. The van der Waals surface area contributed by atoms with Gasteiger partial charge >= 0.3 is 6.09 Å². The number of amides is 1. The van der Waals surface area contributed by atoms with Gasteiger partial charge in [0.1, 0.15) is 0 Å². The lowest BCUT2D eigenvalue weighted by Crippen LogP contribution is -2.45. The maximum absolute atomic E-state index is 11.1. The third kappa shape index (κ3) is 2.92. The Labute approximate surface area is 101 Å². The lowest BCUT2D eigenvalue weighted by atomic mass is 10.1. The average molecular weight is 293 g/mol. The second-order valence-corrected chi connectivity index (χ2v) is 5.44. The van der Waals surface area contributed by atoms with Gasteiger partial charge in [-0.1, -0.05) is 15.9 Å². The topological polar surface area (TPSA) is 53.4 Å². The molecule has 0 aliphatic carbocycles. The Morgan fingerprint density at radius 1 is 1.67 bits per heavy atom. The number of thiazole rings is 1. The smallest absolute Gasteiger partial charge is 0.414 e. The van der Waals surface area contributed by atoms with Gasteiger partial charge in [0.2, 0.25) is 0 Å². The molecule has 0 spiro atoms. The van der Waals surface area contributed by atoms with Crippen LogP contribution in [0.5, 0.6) is 0 Å². The number of halogens is 1. The van der Waals surface area contributed by atoms with Crippen LogP contribution in [0.15, 0.2) is 5.38 Å². The van der Waals surface area contributed by atoms with Crippen LogP contribution in [0.3, 0.4) is 0 Å². The lowest BCUT2D eigenvalue weighted by molar-refractivity contribution is 0.195. The van der Waals surface area contributed by atoms with Crippen molar-refractivity contribution in [2.45, 2.75) is 31.6 Å². The highest BCUT2D eigenvalue weighted by molar-refractivity contribution is 9.08. The zero-order chi connectivity index (χ0) is 11.6. The van der Waals surface area contributed by atoms with Crippen LogP contribution in [0.2, 0.25) is 0 Å². The number of carboxylic acid groups (broad SMARTS) is 1. The zero-order valence-electron chi connectivity index (χ0n) is 8.82. The fourth-order valence-electron chi connectivity index (χ4n) is 1.12. The fourth-order valence-corrected chi connectivity index (χ4v) is 2.62. The van der Waals surface area contributed by atoms with Crippen LogP contribution in [0, 0.1) is 0 Å². The molecule has 0 saturated heterocycles. The Bertz CT molecular complexity index is 359. The van der Waals surface area contributed by atoms with Crippen molar-refractivity contribution in [2.75, 3.05) is 4.90 Å². The minimum Gasteiger partial charge on any atom is -0.465 e. The van der Waals surface area contributed by atoms with Gasteiger partial charge in [-0.25, -0.2) is 14.7 Å². The summed E-state index contributed by atoms with van der Waals surface area (Å²) in [6.07, 6.45) is -0.974. The first-order valence-electron chi connectivity index (χ1n) is 4.40. The number of anilines is 1. The molecule has 0 saturated carbocycles. The first-order valence-corrected chi connectivity index (χ1v) is 6.40. The van der Waals surface area contributed by atoms with E-state index in [2.05, 4.69) is 20.9 Å². The van der Waals surface area contributed by atoms with Crippen LogP contribution in [-0.4, -0.2) is 21.7 Å². The van der Waals surface area contributed by atoms with Crippen LogP contribution in [0.25, 0.3) is 0 Å². The van der Waals surface area contributed by atoms with Crippen molar-refractivity contribution < 1.29 is 9.90 Å². The maximum atomic E-state index is 11.1. The summed E-state index contributed by atoms with van der Waals surface area (Å²) in [6.45, 7) is 5.53. The van der Waals surface area contributed by atoms with Crippen molar-refractivity contribution in [1.29, 1.82) is 0 Å². The summed E-state index contributed by atoms with van der Waals surface area (Å²) in [5.74, 6) is 0. The van der Waals surface area contributed by atoms with Crippen molar-refractivity contribution in [1.82, 2.24) is 4.98 Å². The van der Waals surface area contributed by atoms with Crippen LogP contribution in [0.4, 0.5) is 9.93 Å². The Balaban J connectivity index is 3.05. The molecule has 1 aromatic heterocycles. The highest BCUT2D eigenvalue weighted by atomic mass is 79.9. The number of hydrogen-bond donors (Lipinski definition) is 1. The van der Waals surface area contributed by atoms with Crippen LogP contribution < -0.4 is 4.90 Å². The molecule has 4 nitrogen and oxygen atoms in total. The lowest BCUT2D eigenvalue weighted by Gasteiger charge is -2.30. The van der Waals surface area contributed by atoms with Gasteiger partial charge in [0.25, 0.3) is 0 Å². The van der Waals surface area contributed by atoms with Gasteiger partial charge in [0.05, 0.1) is 5.69 Å². The number of alkyl halides is 1. The van der Waals surface area contributed by atoms with E-state index >= 15 is 0 Å². The summed E-state index contributed by atoms with van der Waals surface area (Å²) in [5.41, 5.74) is 0.373. The largest absolute Gasteiger partial charge is 0.465 e. The summed E-state index contributed by atoms with van der Waals surface area (Å²) < 4.78 is 0. The fraction of sp³-hybridized carbons (Fsp3) is 0.556. The predicted octanol–water partition coefficient (Wildman–Crippen LogP) is 3.32. The summed E-state index contributed by atoms with van der Waals surface area (Å²) in [4.78, 5) is 16.6. The molecule has 1 rings (SSSR count). The van der Waals surface area contributed by atoms with Gasteiger partial charge < -0.3 is 5.11 Å². The average Bonchev–Trinajstić information content (AvgIpc) is 2.49. The molecule has 0 aliphatic rings. The molecule has 1 heterocycles. The maximum Gasteiger partial charge on any atom is 0.414 e. The first kappa shape index (κ1) is 12.4. The SMILES string of the molecule is CC(C)(C)N(C(=O)O)c1nc(CBr)cs1. The van der Waals surface area contributed by atoms with Gasteiger partial charge in [-0.15, -0.1) is 11.3 Å². The van der Waals surface area contributed by atoms with Gasteiger partial charge in [-0.3, -0.25) is 0 Å². The molecule has 6 heteroatoms. The molecular weight excluding hydrogens is 280 g/mol. The van der Waals surface area contributed by atoms with Crippen molar-refractivity contribution >= 4 is 38.5 Å². The highest BCUT2D eigenvalue weighted by Gasteiger charge is 2.30. The third-order valence-electron chi connectivity index (χ3n) is 1.73. The molecular formula is C9H13BrN2O2S. The molecule has 0 aliphatic heterocycles. The zero-order valence-corrected chi connectivity index (χ0v) is 11.2. The van der Waals surface area contributed by atoms with E-state index < -0.39 is 11.6 Å². The second-order valence-electron chi connectivity index (χ2n) is 4.04. The molecule has 1 aromatic rings. The number of nitrogens with zero attached hydrogens (tertiary/aromatic N) is 2. The summed E-state index contributed by atoms with van der Waals surface area (Å²) in [7, 11) is 0. The molecule has 0 unspecified atom stereocenters. The van der Waals surface area contributed by atoms with Gasteiger partial charge in [-0.2, -0.15) is 0 Å². The number of hydrogen-bond acceptors (Lipinski definition) is 3. The molecule has 1 N–H and O–H groups in total. The second kappa shape index (κ2) is 4.49.